The lowest BCUT2D eigenvalue weighted by molar-refractivity contribution is 0.295. The molecule has 0 amide bonds. The van der Waals surface area contributed by atoms with E-state index in [1.807, 2.05) is 0 Å². The van der Waals surface area contributed by atoms with Crippen LogP contribution in [-0.4, -0.2) is 21.3 Å². The van der Waals surface area contributed by atoms with Gasteiger partial charge in [0.15, 0.2) is 0 Å². The number of rotatable bonds is 3. The monoisotopic (exact) mass is 334 g/mol. The van der Waals surface area contributed by atoms with Crippen molar-refractivity contribution in [1.82, 2.24) is 9.55 Å². The normalized spacial score (nSPS) is 14.3. The molecule has 1 aromatic heterocycles. The summed E-state index contributed by atoms with van der Waals surface area (Å²) < 4.78 is 3.38. The van der Waals surface area contributed by atoms with Crippen molar-refractivity contribution in [3.63, 3.8) is 0 Å². The molecule has 0 fully saturated rings. The Balaban J connectivity index is 2.17. The number of aliphatic hydroxyl groups excluding tert-OH is 1. The lowest BCUT2D eigenvalue weighted by Crippen LogP contribution is -2.13. The van der Waals surface area contributed by atoms with Crippen LogP contribution in [0.4, 0.5) is 0 Å². The van der Waals surface area contributed by atoms with E-state index in [9.17, 15) is 5.11 Å². The molecule has 1 N–H and O–H groups in total. The molecule has 0 unspecified atom stereocenters. The zero-order chi connectivity index (χ0) is 14.1. The molecule has 1 aliphatic rings. The first-order valence-electron chi connectivity index (χ1n) is 7.16. The van der Waals surface area contributed by atoms with Crippen LogP contribution < -0.4 is 0 Å². The molecule has 0 aliphatic carbocycles. The molecule has 4 heteroatoms. The van der Waals surface area contributed by atoms with Gasteiger partial charge in [0.25, 0.3) is 0 Å². The molecular weight excluding hydrogens is 316 g/mol. The summed E-state index contributed by atoms with van der Waals surface area (Å²) in [7, 11) is 0. The van der Waals surface area contributed by atoms with Gasteiger partial charge in [0.1, 0.15) is 5.82 Å². The van der Waals surface area contributed by atoms with Gasteiger partial charge in [0, 0.05) is 41.7 Å². The maximum atomic E-state index is 9.38. The van der Waals surface area contributed by atoms with E-state index in [4.69, 9.17) is 4.98 Å². The topological polar surface area (TPSA) is 38.0 Å². The second-order valence-electron chi connectivity index (χ2n) is 5.36. The minimum atomic E-state index is 0.172. The minimum Gasteiger partial charge on any atom is -0.396 e. The van der Waals surface area contributed by atoms with Gasteiger partial charge in [0.05, 0.1) is 5.69 Å². The van der Waals surface area contributed by atoms with Crippen molar-refractivity contribution < 1.29 is 5.11 Å². The fourth-order valence-corrected chi connectivity index (χ4v) is 3.33. The van der Waals surface area contributed by atoms with Gasteiger partial charge in [-0.05, 0) is 37.5 Å². The van der Waals surface area contributed by atoms with E-state index in [1.54, 1.807) is 0 Å². The molecule has 0 radical (unpaired) electrons. The van der Waals surface area contributed by atoms with Crippen LogP contribution in [0.2, 0.25) is 0 Å². The molecule has 3 nitrogen and oxygen atoms in total. The Morgan fingerprint density at radius 3 is 3.00 bits per heavy atom. The first-order valence-corrected chi connectivity index (χ1v) is 7.95. The average molecular weight is 335 g/mol. The number of aromatic nitrogens is 2. The Hall–Kier alpha value is -1.13. The first kappa shape index (κ1) is 13.8. The van der Waals surface area contributed by atoms with E-state index >= 15 is 0 Å². The molecule has 0 bridgehead atoms. The zero-order valence-corrected chi connectivity index (χ0v) is 13.3. The third kappa shape index (κ3) is 2.42. The summed E-state index contributed by atoms with van der Waals surface area (Å²) in [5.74, 6) is 1.18. The van der Waals surface area contributed by atoms with Crippen molar-refractivity contribution >= 4 is 15.9 Å². The highest BCUT2D eigenvalue weighted by atomic mass is 79.9. The van der Waals surface area contributed by atoms with Crippen molar-refractivity contribution in [1.29, 1.82) is 0 Å². The fraction of sp³-hybridized carbons (Fsp3) is 0.438. The van der Waals surface area contributed by atoms with Crippen LogP contribution >= 0.6 is 15.9 Å². The standard InChI is InChI=1S/C16H19BrN2O/c1-11-5-6-12(17)10-13(11)16-14(7-9-20)19-8-3-2-4-15(19)18-16/h5-6,10,20H,2-4,7-9H2,1H3. The highest BCUT2D eigenvalue weighted by Crippen LogP contribution is 2.31. The van der Waals surface area contributed by atoms with E-state index in [0.717, 1.165) is 23.1 Å². The maximum Gasteiger partial charge on any atom is 0.109 e. The summed E-state index contributed by atoms with van der Waals surface area (Å²) in [6, 6.07) is 6.30. The van der Waals surface area contributed by atoms with E-state index in [1.165, 1.54) is 35.5 Å². The fourth-order valence-electron chi connectivity index (χ4n) is 2.97. The minimum absolute atomic E-state index is 0.172. The van der Waals surface area contributed by atoms with E-state index in [-0.39, 0.29) is 6.61 Å². The highest BCUT2D eigenvalue weighted by Gasteiger charge is 2.21. The van der Waals surface area contributed by atoms with E-state index in [2.05, 4.69) is 45.6 Å². The molecule has 0 saturated heterocycles. The second kappa shape index (κ2) is 5.70. The van der Waals surface area contributed by atoms with Crippen molar-refractivity contribution in [3.05, 3.63) is 39.8 Å². The number of hydrogen-bond donors (Lipinski definition) is 1. The second-order valence-corrected chi connectivity index (χ2v) is 6.28. The molecule has 3 rings (SSSR count). The molecular formula is C16H19BrN2O. The molecule has 0 atom stereocenters. The van der Waals surface area contributed by atoms with Crippen molar-refractivity contribution in [2.24, 2.45) is 0 Å². The Kier molecular flexibility index (Phi) is 3.94. The molecule has 1 aromatic carbocycles. The Labute approximate surface area is 127 Å². The van der Waals surface area contributed by atoms with Gasteiger partial charge in [-0.2, -0.15) is 0 Å². The van der Waals surface area contributed by atoms with Crippen LogP contribution in [-0.2, 0) is 19.4 Å². The predicted octanol–water partition coefficient (Wildman–Crippen LogP) is 3.49. The van der Waals surface area contributed by atoms with Gasteiger partial charge >= 0.3 is 0 Å². The Morgan fingerprint density at radius 1 is 1.35 bits per heavy atom. The molecule has 0 spiro atoms. The summed E-state index contributed by atoms with van der Waals surface area (Å²) >= 11 is 3.54. The average Bonchev–Trinajstić information content (AvgIpc) is 2.81. The molecule has 20 heavy (non-hydrogen) atoms. The third-order valence-electron chi connectivity index (χ3n) is 3.99. The summed E-state index contributed by atoms with van der Waals surface area (Å²) in [6.45, 7) is 3.32. The number of benzene rings is 1. The van der Waals surface area contributed by atoms with Crippen molar-refractivity contribution in [2.45, 2.75) is 39.2 Å². The third-order valence-corrected chi connectivity index (χ3v) is 4.48. The van der Waals surface area contributed by atoms with Gasteiger partial charge < -0.3 is 9.67 Å². The summed E-state index contributed by atoms with van der Waals surface area (Å²) in [6.07, 6.45) is 4.14. The first-order chi connectivity index (χ1) is 9.70. The Morgan fingerprint density at radius 2 is 2.20 bits per heavy atom. The quantitative estimate of drug-likeness (QED) is 0.932. The largest absolute Gasteiger partial charge is 0.396 e. The number of imidazole rings is 1. The Bertz CT molecular complexity index is 634. The van der Waals surface area contributed by atoms with E-state index in [0.29, 0.717) is 6.42 Å². The van der Waals surface area contributed by atoms with Crippen LogP contribution in [0.1, 0.15) is 29.9 Å². The molecule has 1 aliphatic heterocycles. The number of fused-ring (bicyclic) bond motifs is 1. The van der Waals surface area contributed by atoms with Gasteiger partial charge in [-0.3, -0.25) is 0 Å². The molecule has 0 saturated carbocycles. The van der Waals surface area contributed by atoms with Crippen LogP contribution in [0.25, 0.3) is 11.3 Å². The van der Waals surface area contributed by atoms with Crippen molar-refractivity contribution in [3.8, 4) is 11.3 Å². The number of nitrogens with zero attached hydrogens (tertiary/aromatic N) is 2. The number of hydrogen-bond acceptors (Lipinski definition) is 2. The van der Waals surface area contributed by atoms with Gasteiger partial charge in [0.2, 0.25) is 0 Å². The highest BCUT2D eigenvalue weighted by molar-refractivity contribution is 9.10. The summed E-state index contributed by atoms with van der Waals surface area (Å²) in [5, 5.41) is 9.38. The number of halogens is 1. The number of aliphatic hydroxyl groups is 1. The molecule has 2 heterocycles. The number of aryl methyl sites for hydroxylation is 2. The summed E-state index contributed by atoms with van der Waals surface area (Å²) in [4.78, 5) is 4.87. The molecule has 106 valence electrons. The predicted molar refractivity (Wildman–Crippen MR) is 83.8 cm³/mol. The smallest absolute Gasteiger partial charge is 0.109 e. The maximum absolute atomic E-state index is 9.38. The van der Waals surface area contributed by atoms with Crippen LogP contribution in [0.3, 0.4) is 0 Å². The van der Waals surface area contributed by atoms with E-state index < -0.39 is 0 Å². The lowest BCUT2D eigenvalue weighted by atomic mass is 10.0. The van der Waals surface area contributed by atoms with Gasteiger partial charge in [-0.25, -0.2) is 4.98 Å². The lowest BCUT2D eigenvalue weighted by Gasteiger charge is -2.16. The van der Waals surface area contributed by atoms with Crippen LogP contribution in [0, 0.1) is 6.92 Å². The molecule has 2 aromatic rings. The summed E-state index contributed by atoms with van der Waals surface area (Å²) in [5.41, 5.74) is 4.63. The zero-order valence-electron chi connectivity index (χ0n) is 11.7. The van der Waals surface area contributed by atoms with Crippen LogP contribution in [0.15, 0.2) is 22.7 Å². The van der Waals surface area contributed by atoms with Crippen LogP contribution in [0.5, 0.6) is 0 Å². The van der Waals surface area contributed by atoms with Crippen molar-refractivity contribution in [2.75, 3.05) is 6.61 Å². The van der Waals surface area contributed by atoms with Gasteiger partial charge in [-0.15, -0.1) is 0 Å². The SMILES string of the molecule is Cc1ccc(Br)cc1-c1nc2n(c1CCO)CCCC2. The van der Waals surface area contributed by atoms with Gasteiger partial charge in [-0.1, -0.05) is 22.0 Å².